The lowest BCUT2D eigenvalue weighted by molar-refractivity contribution is 1.44. The van der Waals surface area contributed by atoms with Crippen LogP contribution in [0.4, 0.5) is 0 Å². The molecule has 1 rings (SSSR count). The Hall–Kier alpha value is -0.770. The molecule has 0 saturated carbocycles. The summed E-state index contributed by atoms with van der Waals surface area (Å²) in [5, 5.41) is 14.1. The highest BCUT2D eigenvalue weighted by atomic mass is 79.9. The van der Waals surface area contributed by atoms with Gasteiger partial charge < -0.3 is 0 Å². The van der Waals surface area contributed by atoms with Crippen LogP contribution in [0.15, 0.2) is 15.6 Å². The molecule has 1 aliphatic rings. The third kappa shape index (κ3) is 1.32. The minimum absolute atomic E-state index is 0.0122. The van der Waals surface area contributed by atoms with E-state index in [0.717, 1.165) is 4.48 Å². The molecule has 2 N–H and O–H groups in total. The lowest BCUT2D eigenvalue weighted by Crippen LogP contribution is -2.10. The zero-order valence-corrected chi connectivity index (χ0v) is 6.07. The zero-order valence-electron chi connectivity index (χ0n) is 4.48. The minimum atomic E-state index is 0.0122. The van der Waals surface area contributed by atoms with E-state index in [4.69, 9.17) is 10.8 Å². The molecule has 0 aromatic carbocycles. The summed E-state index contributed by atoms with van der Waals surface area (Å²) in [5.74, 6) is 0.0122. The highest BCUT2D eigenvalue weighted by Gasteiger charge is 2.04. The Morgan fingerprint density at radius 3 is 2.56 bits per heavy atom. The maximum absolute atomic E-state index is 7.08. The highest BCUT2D eigenvalue weighted by Crippen LogP contribution is 2.05. The van der Waals surface area contributed by atoms with E-state index in [-0.39, 0.29) is 11.5 Å². The predicted octanol–water partition coefficient (Wildman–Crippen LogP) is 1.35. The molecule has 0 fully saturated rings. The van der Waals surface area contributed by atoms with Crippen LogP contribution in [0.3, 0.4) is 0 Å². The van der Waals surface area contributed by atoms with E-state index in [9.17, 15) is 0 Å². The van der Waals surface area contributed by atoms with Gasteiger partial charge in [-0.3, -0.25) is 10.8 Å². The summed E-state index contributed by atoms with van der Waals surface area (Å²) in [6.45, 7) is 0. The van der Waals surface area contributed by atoms with Gasteiger partial charge in [-0.1, -0.05) is 0 Å². The third-order valence-corrected chi connectivity index (χ3v) is 1.29. The molecule has 0 atom stereocenters. The summed E-state index contributed by atoms with van der Waals surface area (Å²) in [4.78, 5) is 3.61. The number of halogens is 1. The first kappa shape index (κ1) is 6.35. The van der Waals surface area contributed by atoms with Gasteiger partial charge in [0.2, 0.25) is 0 Å². The van der Waals surface area contributed by atoms with Crippen molar-refractivity contribution in [3.63, 3.8) is 0 Å². The average molecular weight is 186 g/mol. The maximum atomic E-state index is 7.08. The summed E-state index contributed by atoms with van der Waals surface area (Å²) < 4.78 is 0.739. The topological polar surface area (TPSA) is 60.1 Å². The van der Waals surface area contributed by atoms with Crippen molar-refractivity contribution >= 4 is 33.7 Å². The summed E-state index contributed by atoms with van der Waals surface area (Å²) in [5.41, 5.74) is 0.143. The van der Waals surface area contributed by atoms with Crippen molar-refractivity contribution < 1.29 is 0 Å². The lowest BCUT2D eigenvalue weighted by atomic mass is 10.3. The molecule has 1 aliphatic heterocycles. The second-order valence-electron chi connectivity index (χ2n) is 1.55. The van der Waals surface area contributed by atoms with Crippen LogP contribution in [0.5, 0.6) is 0 Å². The van der Waals surface area contributed by atoms with Crippen LogP contribution in [0.2, 0.25) is 0 Å². The van der Waals surface area contributed by atoms with E-state index >= 15 is 0 Å². The quantitative estimate of drug-likeness (QED) is 0.573. The SMILES string of the molecule is N=C1C=C(Br)C=NC1=N. The van der Waals surface area contributed by atoms with Crippen molar-refractivity contribution in [1.29, 1.82) is 10.8 Å². The monoisotopic (exact) mass is 185 g/mol. The molecule has 0 saturated heterocycles. The molecule has 0 aliphatic carbocycles. The molecule has 0 spiro atoms. The van der Waals surface area contributed by atoms with Crippen LogP contribution in [0.25, 0.3) is 0 Å². The molecular formula is C5H4BrN3. The standard InChI is InChI=1S/C5H4BrN3/c6-3-1-4(7)5(8)9-2-3/h1-2,7-8H. The summed E-state index contributed by atoms with van der Waals surface area (Å²) in [7, 11) is 0. The maximum Gasteiger partial charge on any atom is 0.170 e. The Morgan fingerprint density at radius 1 is 1.44 bits per heavy atom. The Kier molecular flexibility index (Phi) is 1.57. The third-order valence-electron chi connectivity index (χ3n) is 0.854. The van der Waals surface area contributed by atoms with Gasteiger partial charge in [-0.05, 0) is 22.0 Å². The molecule has 4 heteroatoms. The lowest BCUT2D eigenvalue weighted by Gasteiger charge is -1.99. The van der Waals surface area contributed by atoms with E-state index in [1.807, 2.05) is 0 Å². The van der Waals surface area contributed by atoms with Crippen LogP contribution in [-0.4, -0.2) is 17.8 Å². The number of hydrogen-bond acceptors (Lipinski definition) is 2. The summed E-state index contributed by atoms with van der Waals surface area (Å²) >= 11 is 3.13. The Labute approximate surface area is 60.6 Å². The van der Waals surface area contributed by atoms with Crippen molar-refractivity contribution in [2.45, 2.75) is 0 Å². The van der Waals surface area contributed by atoms with Gasteiger partial charge in [-0.2, -0.15) is 0 Å². The fourth-order valence-corrected chi connectivity index (χ4v) is 0.771. The minimum Gasteiger partial charge on any atom is -0.297 e. The molecule has 3 nitrogen and oxygen atoms in total. The van der Waals surface area contributed by atoms with E-state index in [1.54, 1.807) is 0 Å². The first-order valence-electron chi connectivity index (χ1n) is 2.29. The van der Waals surface area contributed by atoms with Crippen molar-refractivity contribution in [2.75, 3.05) is 0 Å². The fraction of sp³-hybridized carbons (Fsp3) is 0. The van der Waals surface area contributed by atoms with Crippen LogP contribution in [0.1, 0.15) is 0 Å². The largest absolute Gasteiger partial charge is 0.297 e. The van der Waals surface area contributed by atoms with Crippen molar-refractivity contribution in [3.05, 3.63) is 10.6 Å². The van der Waals surface area contributed by atoms with E-state index in [2.05, 4.69) is 20.9 Å². The number of nitrogens with one attached hydrogen (secondary N) is 2. The second-order valence-corrected chi connectivity index (χ2v) is 2.47. The van der Waals surface area contributed by atoms with E-state index < -0.39 is 0 Å². The molecule has 0 radical (unpaired) electrons. The molecule has 1 heterocycles. The molecule has 0 amide bonds. The van der Waals surface area contributed by atoms with Gasteiger partial charge in [-0.25, -0.2) is 4.99 Å². The Morgan fingerprint density at radius 2 is 2.11 bits per heavy atom. The molecular weight excluding hydrogens is 182 g/mol. The normalized spacial score (nSPS) is 18.1. The first-order valence-corrected chi connectivity index (χ1v) is 3.08. The number of hydrogen-bond donors (Lipinski definition) is 2. The Balaban J connectivity index is 2.95. The molecule has 0 aromatic heterocycles. The summed E-state index contributed by atoms with van der Waals surface area (Å²) in [6.07, 6.45) is 3.04. The van der Waals surface area contributed by atoms with Crippen molar-refractivity contribution in [2.24, 2.45) is 4.99 Å². The van der Waals surface area contributed by atoms with Crippen molar-refractivity contribution in [1.82, 2.24) is 0 Å². The van der Waals surface area contributed by atoms with Gasteiger partial charge in [0.05, 0.1) is 5.71 Å². The number of dihydropyridines is 1. The van der Waals surface area contributed by atoms with Crippen molar-refractivity contribution in [3.8, 4) is 0 Å². The smallest absolute Gasteiger partial charge is 0.170 e. The van der Waals surface area contributed by atoms with Crippen LogP contribution < -0.4 is 0 Å². The van der Waals surface area contributed by atoms with Gasteiger partial charge >= 0.3 is 0 Å². The zero-order chi connectivity index (χ0) is 6.85. The van der Waals surface area contributed by atoms with Crippen LogP contribution in [-0.2, 0) is 0 Å². The number of rotatable bonds is 0. The number of aliphatic imine (C=N–C) groups is 1. The molecule has 0 unspecified atom stereocenters. The fourth-order valence-electron chi connectivity index (χ4n) is 0.439. The molecule has 46 valence electrons. The Bertz CT molecular complexity index is 226. The predicted molar refractivity (Wildman–Crippen MR) is 41.0 cm³/mol. The highest BCUT2D eigenvalue weighted by molar-refractivity contribution is 9.12. The van der Waals surface area contributed by atoms with Gasteiger partial charge in [-0.15, -0.1) is 0 Å². The second kappa shape index (κ2) is 2.23. The van der Waals surface area contributed by atoms with E-state index in [1.165, 1.54) is 12.3 Å². The van der Waals surface area contributed by atoms with Crippen LogP contribution >= 0.6 is 15.9 Å². The van der Waals surface area contributed by atoms with Gasteiger partial charge in [0.15, 0.2) is 5.84 Å². The van der Waals surface area contributed by atoms with E-state index in [0.29, 0.717) is 0 Å². The molecule has 0 bridgehead atoms. The molecule has 0 aromatic rings. The molecule has 9 heavy (non-hydrogen) atoms. The van der Waals surface area contributed by atoms with Crippen LogP contribution in [0, 0.1) is 10.8 Å². The number of allylic oxidation sites excluding steroid dienone is 1. The summed E-state index contributed by atoms with van der Waals surface area (Å²) in [6, 6.07) is 0. The first-order chi connectivity index (χ1) is 4.20. The van der Waals surface area contributed by atoms with Gasteiger partial charge in [0.25, 0.3) is 0 Å². The van der Waals surface area contributed by atoms with Gasteiger partial charge in [0, 0.05) is 10.7 Å². The average Bonchev–Trinajstić information content (AvgIpc) is 1.80. The number of nitrogens with zero attached hydrogens (tertiary/aromatic N) is 1. The van der Waals surface area contributed by atoms with Gasteiger partial charge in [0.1, 0.15) is 0 Å². The number of amidine groups is 1.